The van der Waals surface area contributed by atoms with Gasteiger partial charge in [-0.05, 0) is 6.92 Å². The summed E-state index contributed by atoms with van der Waals surface area (Å²) in [4.78, 5) is 10.2. The molecule has 0 radical (unpaired) electrons. The van der Waals surface area contributed by atoms with Gasteiger partial charge in [0.25, 0.3) is 0 Å². The Bertz CT molecular complexity index is 63.4. The van der Waals surface area contributed by atoms with E-state index in [4.69, 9.17) is 0 Å². The lowest BCUT2D eigenvalue weighted by Crippen LogP contribution is -2.00. The molecule has 50 valence electrons. The molecule has 0 spiro atoms. The molecule has 0 saturated heterocycles. The Kier molecular flexibility index (Phi) is 9.15. The van der Waals surface area contributed by atoms with Crippen molar-refractivity contribution in [1.82, 2.24) is 0 Å². The van der Waals surface area contributed by atoms with Crippen LogP contribution in [0.5, 0.6) is 0 Å². The van der Waals surface area contributed by atoms with Crippen LogP contribution in [-0.2, 0) is 9.53 Å². The van der Waals surface area contributed by atoms with Crippen molar-refractivity contribution in [2.24, 2.45) is 0 Å². The van der Waals surface area contributed by atoms with Gasteiger partial charge in [-0.2, -0.15) is 13.5 Å². The Hall–Kier alpha value is -0.180. The van der Waals surface area contributed by atoms with Crippen LogP contribution < -0.4 is 0 Å². The van der Waals surface area contributed by atoms with Crippen molar-refractivity contribution < 1.29 is 9.53 Å². The first kappa shape index (κ1) is 10.7. The van der Waals surface area contributed by atoms with Crippen LogP contribution in [-0.4, -0.2) is 12.6 Å². The molecule has 0 aromatic carbocycles. The topological polar surface area (TPSA) is 26.3 Å². The van der Waals surface area contributed by atoms with E-state index < -0.39 is 0 Å². The van der Waals surface area contributed by atoms with E-state index in [1.165, 1.54) is 0 Å². The molecule has 0 heterocycles. The Morgan fingerprint density at radius 1 is 1.50 bits per heavy atom. The van der Waals surface area contributed by atoms with Gasteiger partial charge < -0.3 is 4.74 Å². The molecule has 0 saturated carbocycles. The van der Waals surface area contributed by atoms with Crippen molar-refractivity contribution in [3.8, 4) is 0 Å². The molecule has 0 N–H and O–H groups in total. The molecule has 0 bridgehead atoms. The van der Waals surface area contributed by atoms with Crippen molar-refractivity contribution in [2.75, 3.05) is 6.61 Å². The van der Waals surface area contributed by atoms with E-state index in [0.717, 1.165) is 0 Å². The molecule has 2 nitrogen and oxygen atoms in total. The van der Waals surface area contributed by atoms with Crippen LogP contribution >= 0.6 is 13.5 Å². The van der Waals surface area contributed by atoms with E-state index in [0.29, 0.717) is 13.0 Å². The maximum Gasteiger partial charge on any atom is 0.305 e. The lowest BCUT2D eigenvalue weighted by atomic mass is 10.5. The molecule has 3 heteroatoms. The second kappa shape index (κ2) is 6.82. The lowest BCUT2D eigenvalue weighted by molar-refractivity contribution is -0.142. The molecule has 0 aromatic rings. The molecule has 0 unspecified atom stereocenters. The molecule has 0 amide bonds. The first-order valence-corrected chi connectivity index (χ1v) is 2.46. The molecule has 8 heavy (non-hydrogen) atoms. The molecule has 0 atom stereocenters. The molecule has 0 aliphatic heterocycles. The van der Waals surface area contributed by atoms with E-state index in [1.807, 2.05) is 0 Å². The van der Waals surface area contributed by atoms with Gasteiger partial charge in [0.15, 0.2) is 0 Å². The fourth-order valence-electron chi connectivity index (χ4n) is 0.263. The second-order valence-electron chi connectivity index (χ2n) is 1.16. The summed E-state index contributed by atoms with van der Waals surface area (Å²) < 4.78 is 4.55. The van der Waals surface area contributed by atoms with Gasteiger partial charge in [-0.25, -0.2) is 0 Å². The van der Waals surface area contributed by atoms with Crippen LogP contribution in [0, 0.1) is 0 Å². The minimum atomic E-state index is -0.123. The fraction of sp³-hybridized carbons (Fsp3) is 0.800. The highest BCUT2D eigenvalue weighted by molar-refractivity contribution is 7.59. The fourth-order valence-corrected chi connectivity index (χ4v) is 0.263. The highest BCUT2D eigenvalue weighted by Crippen LogP contribution is 1.80. The summed E-state index contributed by atoms with van der Waals surface area (Å²) in [5.74, 6) is -0.123. The van der Waals surface area contributed by atoms with E-state index in [9.17, 15) is 4.79 Å². The number of esters is 1. The summed E-state index contributed by atoms with van der Waals surface area (Å²) in [6.45, 7) is 4.07. The van der Waals surface area contributed by atoms with E-state index >= 15 is 0 Å². The third kappa shape index (κ3) is 5.82. The largest absolute Gasteiger partial charge is 0.466 e. The van der Waals surface area contributed by atoms with Crippen molar-refractivity contribution in [3.05, 3.63) is 0 Å². The zero-order valence-electron chi connectivity index (χ0n) is 5.23. The first-order chi connectivity index (χ1) is 3.31. The van der Waals surface area contributed by atoms with Gasteiger partial charge in [-0.15, -0.1) is 0 Å². The van der Waals surface area contributed by atoms with Crippen LogP contribution in [0.15, 0.2) is 0 Å². The van der Waals surface area contributed by atoms with Gasteiger partial charge in [0.2, 0.25) is 0 Å². The van der Waals surface area contributed by atoms with Gasteiger partial charge in [-0.3, -0.25) is 4.79 Å². The summed E-state index contributed by atoms with van der Waals surface area (Å²) in [7, 11) is 0. The number of hydrogen-bond acceptors (Lipinski definition) is 2. The molecule has 0 rings (SSSR count). The number of rotatable bonds is 2. The molecule has 0 aliphatic rings. The smallest absolute Gasteiger partial charge is 0.305 e. The van der Waals surface area contributed by atoms with Crippen LogP contribution in [0.3, 0.4) is 0 Å². The molecular weight excluding hydrogens is 124 g/mol. The predicted octanol–water partition coefficient (Wildman–Crippen LogP) is 1.07. The third-order valence-electron chi connectivity index (χ3n) is 0.594. The molecule has 0 aromatic heterocycles. The summed E-state index contributed by atoms with van der Waals surface area (Å²) >= 11 is 0. The summed E-state index contributed by atoms with van der Waals surface area (Å²) in [6.07, 6.45) is 0.480. The number of carbonyl (C=O) groups excluding carboxylic acids is 1. The van der Waals surface area contributed by atoms with Crippen LogP contribution in [0.2, 0.25) is 0 Å². The molecule has 0 aliphatic carbocycles. The van der Waals surface area contributed by atoms with Gasteiger partial charge in [0, 0.05) is 6.42 Å². The minimum Gasteiger partial charge on any atom is -0.466 e. The van der Waals surface area contributed by atoms with Gasteiger partial charge in [0.05, 0.1) is 6.61 Å². The van der Waals surface area contributed by atoms with Crippen molar-refractivity contribution >= 4 is 19.5 Å². The normalized spacial score (nSPS) is 7.25. The summed E-state index contributed by atoms with van der Waals surface area (Å²) in [5.41, 5.74) is 0. The number of hydrogen-bond donors (Lipinski definition) is 0. The lowest BCUT2D eigenvalue weighted by Gasteiger charge is -1.93. The monoisotopic (exact) mass is 136 g/mol. The van der Waals surface area contributed by atoms with Crippen molar-refractivity contribution in [1.29, 1.82) is 0 Å². The number of carbonyl (C=O) groups is 1. The zero-order chi connectivity index (χ0) is 5.70. The first-order valence-electron chi connectivity index (χ1n) is 2.46. The van der Waals surface area contributed by atoms with Crippen molar-refractivity contribution in [2.45, 2.75) is 20.3 Å². The Morgan fingerprint density at radius 3 is 2.12 bits per heavy atom. The maximum atomic E-state index is 10.2. The van der Waals surface area contributed by atoms with E-state index in [2.05, 4.69) is 4.74 Å². The average Bonchev–Trinajstić information content (AvgIpc) is 1.68. The zero-order valence-corrected chi connectivity index (χ0v) is 6.23. The van der Waals surface area contributed by atoms with Crippen LogP contribution in [0.1, 0.15) is 20.3 Å². The minimum absolute atomic E-state index is 0. The van der Waals surface area contributed by atoms with E-state index in [1.54, 1.807) is 13.8 Å². The van der Waals surface area contributed by atoms with Gasteiger partial charge in [-0.1, -0.05) is 6.92 Å². The highest BCUT2D eigenvalue weighted by atomic mass is 32.1. The van der Waals surface area contributed by atoms with Gasteiger partial charge >= 0.3 is 5.97 Å². The quantitative estimate of drug-likeness (QED) is 0.531. The summed E-state index contributed by atoms with van der Waals surface area (Å²) in [6, 6.07) is 0. The SMILES string of the molecule is CCOC(=O)CC.S. The third-order valence-corrected chi connectivity index (χ3v) is 0.594. The second-order valence-corrected chi connectivity index (χ2v) is 1.16. The Balaban J connectivity index is 0. The average molecular weight is 136 g/mol. The van der Waals surface area contributed by atoms with Crippen LogP contribution in [0.4, 0.5) is 0 Å². The molecular formula is C5H12O2S. The van der Waals surface area contributed by atoms with E-state index in [-0.39, 0.29) is 19.5 Å². The summed E-state index contributed by atoms with van der Waals surface area (Å²) in [5, 5.41) is 0. The van der Waals surface area contributed by atoms with Crippen LogP contribution in [0.25, 0.3) is 0 Å². The highest BCUT2D eigenvalue weighted by Gasteiger charge is 1.91. The number of ether oxygens (including phenoxy) is 1. The Labute approximate surface area is 56.7 Å². The standard InChI is InChI=1S/C5H10O2.H2S/c1-3-5(6)7-4-2;/h3-4H2,1-2H3;1H2. The maximum absolute atomic E-state index is 10.2. The predicted molar refractivity (Wildman–Crippen MR) is 37.3 cm³/mol. The Morgan fingerprint density at radius 2 is 2.00 bits per heavy atom. The van der Waals surface area contributed by atoms with Crippen molar-refractivity contribution in [3.63, 3.8) is 0 Å². The molecule has 0 fully saturated rings. The van der Waals surface area contributed by atoms with Gasteiger partial charge in [0.1, 0.15) is 0 Å².